The first-order chi connectivity index (χ1) is 10.6. The standard InChI is InChI=1S/C15H15Cl2N3OS/c1-2-21-12-6-3-10(4-7-12)18-15(22)20-19-11-5-8-13(16)14(17)9-11/h3-9,19H,2H2,1H3,(H2,18,20,22). The Morgan fingerprint density at radius 3 is 2.36 bits per heavy atom. The van der Waals surface area contributed by atoms with E-state index >= 15 is 0 Å². The van der Waals surface area contributed by atoms with Gasteiger partial charge in [-0.25, -0.2) is 0 Å². The smallest absolute Gasteiger partial charge is 0.189 e. The zero-order valence-electron chi connectivity index (χ0n) is 11.8. The molecule has 0 aromatic heterocycles. The molecule has 0 aliphatic heterocycles. The molecule has 7 heteroatoms. The number of hydrogen-bond donors (Lipinski definition) is 3. The number of benzene rings is 2. The molecule has 0 spiro atoms. The van der Waals surface area contributed by atoms with Crippen molar-refractivity contribution in [3.05, 3.63) is 52.5 Å². The molecule has 2 aromatic rings. The molecular weight excluding hydrogens is 341 g/mol. The van der Waals surface area contributed by atoms with Crippen LogP contribution in [0, 0.1) is 0 Å². The van der Waals surface area contributed by atoms with E-state index < -0.39 is 0 Å². The highest BCUT2D eigenvalue weighted by Crippen LogP contribution is 2.24. The van der Waals surface area contributed by atoms with Gasteiger partial charge in [0.1, 0.15) is 5.75 Å². The number of ether oxygens (including phenoxy) is 1. The van der Waals surface area contributed by atoms with Gasteiger partial charge in [-0.3, -0.25) is 10.9 Å². The van der Waals surface area contributed by atoms with Gasteiger partial charge in [0.15, 0.2) is 5.11 Å². The van der Waals surface area contributed by atoms with E-state index in [1.54, 1.807) is 18.2 Å². The van der Waals surface area contributed by atoms with Gasteiger partial charge in [-0.05, 0) is 61.6 Å². The van der Waals surface area contributed by atoms with Crippen LogP contribution in [-0.4, -0.2) is 11.7 Å². The van der Waals surface area contributed by atoms with Crippen LogP contribution in [0.25, 0.3) is 0 Å². The van der Waals surface area contributed by atoms with E-state index in [4.69, 9.17) is 40.2 Å². The monoisotopic (exact) mass is 355 g/mol. The molecule has 0 fully saturated rings. The maximum atomic E-state index is 5.94. The van der Waals surface area contributed by atoms with Gasteiger partial charge in [0.2, 0.25) is 0 Å². The summed E-state index contributed by atoms with van der Waals surface area (Å²) in [7, 11) is 0. The molecule has 0 radical (unpaired) electrons. The van der Waals surface area contributed by atoms with E-state index in [0.717, 1.165) is 17.1 Å². The largest absolute Gasteiger partial charge is 0.494 e. The molecule has 0 bridgehead atoms. The second-order valence-corrected chi connectivity index (χ2v) is 5.51. The average Bonchev–Trinajstić information content (AvgIpc) is 2.51. The van der Waals surface area contributed by atoms with Crippen molar-refractivity contribution >= 4 is 51.9 Å². The third-order valence-corrected chi connectivity index (χ3v) is 3.61. The topological polar surface area (TPSA) is 45.3 Å². The number of nitrogens with one attached hydrogen (secondary N) is 3. The molecule has 0 unspecified atom stereocenters. The Morgan fingerprint density at radius 2 is 1.73 bits per heavy atom. The van der Waals surface area contributed by atoms with Crippen LogP contribution in [-0.2, 0) is 0 Å². The van der Waals surface area contributed by atoms with Crippen LogP contribution in [0.1, 0.15) is 6.92 Å². The lowest BCUT2D eigenvalue weighted by Gasteiger charge is -2.13. The lowest BCUT2D eigenvalue weighted by Crippen LogP contribution is -2.33. The molecule has 0 saturated heterocycles. The predicted octanol–water partition coefficient (Wildman–Crippen LogP) is 4.71. The minimum absolute atomic E-state index is 0.426. The number of rotatable bonds is 5. The second kappa shape index (κ2) is 8.08. The summed E-state index contributed by atoms with van der Waals surface area (Å²) in [5.41, 5.74) is 7.43. The molecule has 3 N–H and O–H groups in total. The van der Waals surface area contributed by atoms with Gasteiger partial charge in [-0.15, -0.1) is 0 Å². The molecule has 0 heterocycles. The van der Waals surface area contributed by atoms with Crippen LogP contribution in [0.15, 0.2) is 42.5 Å². The van der Waals surface area contributed by atoms with Gasteiger partial charge in [0, 0.05) is 5.69 Å². The van der Waals surface area contributed by atoms with Crippen LogP contribution in [0.4, 0.5) is 11.4 Å². The van der Waals surface area contributed by atoms with Gasteiger partial charge in [-0.2, -0.15) is 0 Å². The minimum Gasteiger partial charge on any atom is -0.494 e. The first-order valence-electron chi connectivity index (χ1n) is 6.59. The fourth-order valence-electron chi connectivity index (χ4n) is 1.67. The van der Waals surface area contributed by atoms with Gasteiger partial charge >= 0.3 is 0 Å². The zero-order valence-corrected chi connectivity index (χ0v) is 14.1. The van der Waals surface area contributed by atoms with E-state index in [1.165, 1.54) is 0 Å². The van der Waals surface area contributed by atoms with Crippen molar-refractivity contribution in [2.45, 2.75) is 6.92 Å². The van der Waals surface area contributed by atoms with Gasteiger partial charge in [0.05, 0.1) is 22.3 Å². The molecule has 0 atom stereocenters. The fourth-order valence-corrected chi connectivity index (χ4v) is 2.13. The Labute approximate surface area is 144 Å². The first-order valence-corrected chi connectivity index (χ1v) is 7.76. The SMILES string of the molecule is CCOc1ccc(NC(=S)NNc2ccc(Cl)c(Cl)c2)cc1. The molecule has 0 aliphatic carbocycles. The predicted molar refractivity (Wildman–Crippen MR) is 97.1 cm³/mol. The summed E-state index contributed by atoms with van der Waals surface area (Å²) in [6.45, 7) is 2.58. The summed E-state index contributed by atoms with van der Waals surface area (Å²) in [5.74, 6) is 0.820. The van der Waals surface area contributed by atoms with E-state index in [1.807, 2.05) is 31.2 Å². The normalized spacial score (nSPS) is 9.95. The van der Waals surface area contributed by atoms with Gasteiger partial charge < -0.3 is 10.1 Å². The highest BCUT2D eigenvalue weighted by Gasteiger charge is 2.01. The summed E-state index contributed by atoms with van der Waals surface area (Å²) in [4.78, 5) is 0. The lowest BCUT2D eigenvalue weighted by molar-refractivity contribution is 0.340. The van der Waals surface area contributed by atoms with Crippen LogP contribution in [0.3, 0.4) is 0 Å². The number of hydrogen-bond acceptors (Lipinski definition) is 3. The zero-order chi connectivity index (χ0) is 15.9. The molecule has 0 saturated carbocycles. The quantitative estimate of drug-likeness (QED) is 0.535. The number of thiocarbonyl (C=S) groups is 1. The summed E-state index contributed by atoms with van der Waals surface area (Å²) >= 11 is 17.0. The Morgan fingerprint density at radius 1 is 1.05 bits per heavy atom. The van der Waals surface area contributed by atoms with Crippen LogP contribution in [0.5, 0.6) is 5.75 Å². The molecule has 116 valence electrons. The van der Waals surface area contributed by atoms with Crippen molar-refractivity contribution in [1.82, 2.24) is 5.43 Å². The number of anilines is 2. The van der Waals surface area contributed by atoms with E-state index in [9.17, 15) is 0 Å². The molecule has 22 heavy (non-hydrogen) atoms. The Bertz CT molecular complexity index is 650. The summed E-state index contributed by atoms with van der Waals surface area (Å²) < 4.78 is 5.38. The lowest BCUT2D eigenvalue weighted by atomic mass is 10.3. The number of hydrazine groups is 1. The highest BCUT2D eigenvalue weighted by atomic mass is 35.5. The van der Waals surface area contributed by atoms with Gasteiger partial charge in [0.25, 0.3) is 0 Å². The van der Waals surface area contributed by atoms with Crippen LogP contribution in [0.2, 0.25) is 10.0 Å². The van der Waals surface area contributed by atoms with Crippen molar-refractivity contribution < 1.29 is 4.74 Å². The summed E-state index contributed by atoms with van der Waals surface area (Å²) in [6, 6.07) is 12.7. The maximum absolute atomic E-state index is 5.94. The van der Waals surface area contributed by atoms with E-state index in [0.29, 0.717) is 21.8 Å². The number of halogens is 2. The fraction of sp³-hybridized carbons (Fsp3) is 0.133. The first kappa shape index (κ1) is 16.7. The summed E-state index contributed by atoms with van der Waals surface area (Å²) in [6.07, 6.45) is 0. The van der Waals surface area contributed by atoms with E-state index in [2.05, 4.69) is 16.2 Å². The highest BCUT2D eigenvalue weighted by molar-refractivity contribution is 7.80. The van der Waals surface area contributed by atoms with Crippen LogP contribution < -0.4 is 20.9 Å². The molecule has 0 aliphatic rings. The van der Waals surface area contributed by atoms with Crippen LogP contribution >= 0.6 is 35.4 Å². The van der Waals surface area contributed by atoms with Crippen molar-refractivity contribution in [2.75, 3.05) is 17.3 Å². The molecule has 2 rings (SSSR count). The van der Waals surface area contributed by atoms with E-state index in [-0.39, 0.29) is 0 Å². The van der Waals surface area contributed by atoms with Crippen molar-refractivity contribution in [2.24, 2.45) is 0 Å². The molecule has 2 aromatic carbocycles. The Hall–Kier alpha value is -1.69. The van der Waals surface area contributed by atoms with Gasteiger partial charge in [-0.1, -0.05) is 23.2 Å². The molecule has 0 amide bonds. The molecule has 4 nitrogen and oxygen atoms in total. The summed E-state index contributed by atoms with van der Waals surface area (Å²) in [5, 5.41) is 4.45. The minimum atomic E-state index is 0.426. The second-order valence-electron chi connectivity index (χ2n) is 4.29. The average molecular weight is 356 g/mol. The Balaban J connectivity index is 1.85. The Kier molecular flexibility index (Phi) is 6.12. The maximum Gasteiger partial charge on any atom is 0.189 e. The van der Waals surface area contributed by atoms with Crippen molar-refractivity contribution in [3.8, 4) is 5.75 Å². The molecular formula is C15H15Cl2N3OS. The van der Waals surface area contributed by atoms with Crippen molar-refractivity contribution in [3.63, 3.8) is 0 Å². The van der Waals surface area contributed by atoms with Crippen molar-refractivity contribution in [1.29, 1.82) is 0 Å². The third kappa shape index (κ3) is 4.94. The third-order valence-electron chi connectivity index (χ3n) is 2.66.